The number of carbonyl (C=O) groups is 1. The molecule has 2 aromatic heterocycles. The van der Waals surface area contributed by atoms with Gasteiger partial charge in [0.25, 0.3) is 11.5 Å². The summed E-state index contributed by atoms with van der Waals surface area (Å²) in [6.45, 7) is 10.2. The number of carbonyl (C=O) groups excluding carboxylic acids is 1. The molecular weight excluding hydrogens is 438 g/mol. The summed E-state index contributed by atoms with van der Waals surface area (Å²) in [7, 11) is 0. The van der Waals surface area contributed by atoms with Crippen LogP contribution in [0.3, 0.4) is 0 Å². The van der Waals surface area contributed by atoms with Gasteiger partial charge in [0.05, 0.1) is 11.4 Å². The smallest absolute Gasteiger partial charge is 0.253 e. The molecule has 0 aliphatic carbocycles. The highest BCUT2D eigenvalue weighted by Crippen LogP contribution is 2.37. The third kappa shape index (κ3) is 4.07. The Kier molecular flexibility index (Phi) is 5.63. The van der Waals surface area contributed by atoms with Gasteiger partial charge in [0.15, 0.2) is 0 Å². The molecule has 1 amide bonds. The lowest BCUT2D eigenvalue weighted by Gasteiger charge is -2.18. The van der Waals surface area contributed by atoms with Gasteiger partial charge in [-0.05, 0) is 81.6 Å². The molecule has 5 rings (SSSR count). The molecule has 0 radical (unpaired) electrons. The molecule has 35 heavy (non-hydrogen) atoms. The number of amides is 1. The fraction of sp³-hybridized carbons (Fsp3) is 0.286. The van der Waals surface area contributed by atoms with Crippen molar-refractivity contribution in [2.45, 2.75) is 53.4 Å². The SMILES string of the molecule is Cc1cc(C)c(CNC(=O)c2cc(C3Nc4ccccc4N3)cc3c2c(C)cn3C(C)C)c(=O)[nH]1. The van der Waals surface area contributed by atoms with Crippen molar-refractivity contribution in [2.75, 3.05) is 10.6 Å². The number of nitrogens with one attached hydrogen (secondary N) is 4. The van der Waals surface area contributed by atoms with Crippen molar-refractivity contribution in [3.05, 3.63) is 92.5 Å². The van der Waals surface area contributed by atoms with Crippen LogP contribution in [0, 0.1) is 20.8 Å². The van der Waals surface area contributed by atoms with E-state index in [4.69, 9.17) is 0 Å². The van der Waals surface area contributed by atoms with E-state index in [1.165, 1.54) is 0 Å². The van der Waals surface area contributed by atoms with Crippen LogP contribution in [0.4, 0.5) is 11.4 Å². The van der Waals surface area contributed by atoms with Gasteiger partial charge in [-0.1, -0.05) is 12.1 Å². The summed E-state index contributed by atoms with van der Waals surface area (Å²) < 4.78 is 2.21. The number of fused-ring (bicyclic) bond motifs is 2. The van der Waals surface area contributed by atoms with E-state index < -0.39 is 0 Å². The molecule has 0 unspecified atom stereocenters. The van der Waals surface area contributed by atoms with Crippen molar-refractivity contribution in [1.29, 1.82) is 0 Å². The number of pyridine rings is 1. The number of aromatic nitrogens is 2. The van der Waals surface area contributed by atoms with Crippen molar-refractivity contribution < 1.29 is 4.79 Å². The summed E-state index contributed by atoms with van der Waals surface area (Å²) in [5.41, 5.74) is 7.79. The molecule has 0 bridgehead atoms. The van der Waals surface area contributed by atoms with Gasteiger partial charge in [-0.25, -0.2) is 0 Å². The van der Waals surface area contributed by atoms with Crippen LogP contribution in [0.2, 0.25) is 0 Å². The predicted molar refractivity (Wildman–Crippen MR) is 141 cm³/mol. The van der Waals surface area contributed by atoms with Crippen LogP contribution in [-0.4, -0.2) is 15.5 Å². The molecule has 0 atom stereocenters. The maximum atomic E-state index is 13.6. The minimum Gasteiger partial charge on any atom is -0.360 e. The van der Waals surface area contributed by atoms with Crippen LogP contribution in [0.25, 0.3) is 10.9 Å². The molecular formula is C28H31N5O2. The molecule has 0 spiro atoms. The molecule has 2 aromatic carbocycles. The van der Waals surface area contributed by atoms with Gasteiger partial charge in [0, 0.05) is 46.5 Å². The highest BCUT2D eigenvalue weighted by Gasteiger charge is 2.25. The number of hydrogen-bond donors (Lipinski definition) is 4. The molecule has 3 heterocycles. The first kappa shape index (κ1) is 22.8. The maximum absolute atomic E-state index is 13.6. The van der Waals surface area contributed by atoms with Crippen LogP contribution < -0.4 is 21.5 Å². The number of nitrogens with zero attached hydrogens (tertiary/aromatic N) is 1. The number of aryl methyl sites for hydroxylation is 3. The van der Waals surface area contributed by atoms with Crippen molar-refractivity contribution >= 4 is 28.2 Å². The summed E-state index contributed by atoms with van der Waals surface area (Å²) in [6.07, 6.45) is 1.95. The zero-order valence-electron chi connectivity index (χ0n) is 20.7. The fourth-order valence-electron chi connectivity index (χ4n) is 5.00. The topological polar surface area (TPSA) is 90.9 Å². The Morgan fingerprint density at radius 2 is 1.71 bits per heavy atom. The van der Waals surface area contributed by atoms with E-state index in [0.717, 1.165) is 44.7 Å². The van der Waals surface area contributed by atoms with Crippen LogP contribution in [-0.2, 0) is 6.54 Å². The van der Waals surface area contributed by atoms with E-state index in [1.807, 2.05) is 57.2 Å². The second kappa shape index (κ2) is 8.65. The second-order valence-corrected chi connectivity index (χ2v) is 9.67. The summed E-state index contributed by atoms with van der Waals surface area (Å²) in [6, 6.07) is 14.4. The molecule has 7 heteroatoms. The molecule has 7 nitrogen and oxygen atoms in total. The van der Waals surface area contributed by atoms with E-state index in [-0.39, 0.29) is 30.2 Å². The first-order valence-electron chi connectivity index (χ1n) is 12.0. The van der Waals surface area contributed by atoms with Crippen molar-refractivity contribution in [1.82, 2.24) is 14.9 Å². The average Bonchev–Trinajstić information content (AvgIpc) is 3.39. The Labute approximate surface area is 204 Å². The Bertz CT molecular complexity index is 1490. The van der Waals surface area contributed by atoms with Gasteiger partial charge in [-0.15, -0.1) is 0 Å². The van der Waals surface area contributed by atoms with Crippen molar-refractivity contribution in [2.24, 2.45) is 0 Å². The molecule has 4 aromatic rings. The number of para-hydroxylation sites is 2. The molecule has 4 N–H and O–H groups in total. The van der Waals surface area contributed by atoms with E-state index in [1.54, 1.807) is 0 Å². The number of rotatable bonds is 5. The second-order valence-electron chi connectivity index (χ2n) is 9.67. The lowest BCUT2D eigenvalue weighted by molar-refractivity contribution is 0.0952. The number of benzene rings is 2. The average molecular weight is 470 g/mol. The van der Waals surface area contributed by atoms with Gasteiger partial charge < -0.3 is 25.5 Å². The standard InChI is InChI=1S/C28H31N5O2/c1-15(2)33-14-17(4)25-20(27(34)29-13-21-16(3)10-18(5)30-28(21)35)11-19(12-24(25)33)26-31-22-8-6-7-9-23(22)32-26/h6-12,14-15,26,31-32H,13H2,1-5H3,(H,29,34)(H,30,35). The minimum absolute atomic E-state index is 0.152. The molecule has 0 fully saturated rings. The number of H-pyrrole nitrogens is 1. The monoisotopic (exact) mass is 469 g/mol. The van der Waals surface area contributed by atoms with Crippen molar-refractivity contribution in [3.63, 3.8) is 0 Å². The molecule has 0 saturated carbocycles. The first-order valence-corrected chi connectivity index (χ1v) is 12.0. The van der Waals surface area contributed by atoms with Crippen molar-refractivity contribution in [3.8, 4) is 0 Å². The Balaban J connectivity index is 1.55. The molecule has 180 valence electrons. The van der Waals surface area contributed by atoms with Crippen LogP contribution >= 0.6 is 0 Å². The zero-order valence-corrected chi connectivity index (χ0v) is 20.7. The number of hydrogen-bond acceptors (Lipinski definition) is 4. The quantitative estimate of drug-likeness (QED) is 0.319. The lowest BCUT2D eigenvalue weighted by Crippen LogP contribution is -2.28. The molecule has 1 aliphatic rings. The normalized spacial score (nSPS) is 13.1. The van der Waals surface area contributed by atoms with Crippen LogP contribution in [0.15, 0.2) is 53.5 Å². The third-order valence-corrected chi connectivity index (χ3v) is 6.73. The highest BCUT2D eigenvalue weighted by atomic mass is 16.1. The highest BCUT2D eigenvalue weighted by molar-refractivity contribution is 6.08. The summed E-state index contributed by atoms with van der Waals surface area (Å²) >= 11 is 0. The zero-order chi connectivity index (χ0) is 24.9. The number of aromatic amines is 1. The Hall–Kier alpha value is -4.00. The van der Waals surface area contributed by atoms with Crippen LogP contribution in [0.5, 0.6) is 0 Å². The fourth-order valence-corrected chi connectivity index (χ4v) is 5.00. The van der Waals surface area contributed by atoms with Gasteiger partial charge in [-0.3, -0.25) is 9.59 Å². The first-order chi connectivity index (χ1) is 16.7. The minimum atomic E-state index is -0.198. The van der Waals surface area contributed by atoms with Gasteiger partial charge >= 0.3 is 0 Å². The Morgan fingerprint density at radius 3 is 2.34 bits per heavy atom. The largest absolute Gasteiger partial charge is 0.360 e. The van der Waals surface area contributed by atoms with E-state index in [0.29, 0.717) is 11.1 Å². The van der Waals surface area contributed by atoms with E-state index in [2.05, 4.69) is 51.6 Å². The van der Waals surface area contributed by atoms with Crippen LogP contribution in [0.1, 0.15) is 64.4 Å². The Morgan fingerprint density at radius 1 is 1.03 bits per heavy atom. The summed E-state index contributed by atoms with van der Waals surface area (Å²) in [5.74, 6) is -0.198. The number of anilines is 2. The third-order valence-electron chi connectivity index (χ3n) is 6.73. The molecule has 0 saturated heterocycles. The van der Waals surface area contributed by atoms with Gasteiger partial charge in [0.2, 0.25) is 0 Å². The molecule has 1 aliphatic heterocycles. The van der Waals surface area contributed by atoms with E-state index in [9.17, 15) is 9.59 Å². The lowest BCUT2D eigenvalue weighted by atomic mass is 10.0. The van der Waals surface area contributed by atoms with Gasteiger partial charge in [0.1, 0.15) is 6.17 Å². The predicted octanol–water partition coefficient (Wildman–Crippen LogP) is 5.30. The van der Waals surface area contributed by atoms with E-state index >= 15 is 0 Å². The summed E-state index contributed by atoms with van der Waals surface area (Å²) in [5, 5.41) is 11.0. The summed E-state index contributed by atoms with van der Waals surface area (Å²) in [4.78, 5) is 28.9. The maximum Gasteiger partial charge on any atom is 0.253 e. The van der Waals surface area contributed by atoms with Gasteiger partial charge in [-0.2, -0.15) is 0 Å².